The Morgan fingerprint density at radius 3 is 1.95 bits per heavy atom. The third-order valence-corrected chi connectivity index (χ3v) is 2.15. The highest BCUT2D eigenvalue weighted by Gasteiger charge is 2.25. The molecule has 0 fully saturated rings. The van der Waals surface area contributed by atoms with Gasteiger partial charge in [-0.05, 0) is 47.0 Å². The SMILES string of the molecule is CC(C)C[C@H](NC(=O)OC(C)(C)C)C(=O)NC(C)C. The van der Waals surface area contributed by atoms with Crippen LogP contribution in [0.25, 0.3) is 0 Å². The van der Waals surface area contributed by atoms with Gasteiger partial charge in [-0.3, -0.25) is 4.79 Å². The highest BCUT2D eigenvalue weighted by atomic mass is 16.6. The van der Waals surface area contributed by atoms with Gasteiger partial charge in [0.05, 0.1) is 0 Å². The average Bonchev–Trinajstić information content (AvgIpc) is 2.11. The number of carbonyl (C=O) groups excluding carboxylic acids is 2. The van der Waals surface area contributed by atoms with Gasteiger partial charge in [0, 0.05) is 6.04 Å². The number of carbonyl (C=O) groups is 2. The molecule has 0 heterocycles. The first-order chi connectivity index (χ1) is 8.51. The maximum Gasteiger partial charge on any atom is 0.408 e. The largest absolute Gasteiger partial charge is 0.444 e. The summed E-state index contributed by atoms with van der Waals surface area (Å²) in [6.07, 6.45) is 0.0229. The second-order valence-electron chi connectivity index (χ2n) is 6.49. The molecule has 0 bridgehead atoms. The molecular formula is C14H28N2O3. The molecule has 2 N–H and O–H groups in total. The van der Waals surface area contributed by atoms with Crippen molar-refractivity contribution in [1.82, 2.24) is 10.6 Å². The Labute approximate surface area is 116 Å². The normalized spacial score (nSPS) is 13.3. The predicted octanol–water partition coefficient (Wildman–Crippen LogP) is 2.45. The molecule has 0 unspecified atom stereocenters. The minimum absolute atomic E-state index is 0.0441. The Morgan fingerprint density at radius 1 is 1.05 bits per heavy atom. The molecule has 0 radical (unpaired) electrons. The maximum atomic E-state index is 12.0. The number of alkyl carbamates (subject to hydrolysis) is 1. The Bertz CT molecular complexity index is 306. The zero-order chi connectivity index (χ0) is 15.2. The molecular weight excluding hydrogens is 244 g/mol. The van der Waals surface area contributed by atoms with Crippen LogP contribution < -0.4 is 10.6 Å². The third kappa shape index (κ3) is 9.33. The lowest BCUT2D eigenvalue weighted by Gasteiger charge is -2.24. The molecule has 0 aliphatic rings. The van der Waals surface area contributed by atoms with E-state index in [1.807, 2.05) is 27.7 Å². The molecule has 19 heavy (non-hydrogen) atoms. The van der Waals surface area contributed by atoms with E-state index in [4.69, 9.17) is 4.74 Å². The van der Waals surface area contributed by atoms with Gasteiger partial charge < -0.3 is 15.4 Å². The van der Waals surface area contributed by atoms with E-state index in [2.05, 4.69) is 10.6 Å². The molecule has 0 aromatic rings. The van der Waals surface area contributed by atoms with Crippen molar-refractivity contribution in [2.24, 2.45) is 5.92 Å². The fraction of sp³-hybridized carbons (Fsp3) is 0.857. The first-order valence-electron chi connectivity index (χ1n) is 6.81. The Morgan fingerprint density at radius 2 is 1.58 bits per heavy atom. The molecule has 5 nitrogen and oxygen atoms in total. The van der Waals surface area contributed by atoms with E-state index < -0.39 is 17.7 Å². The van der Waals surface area contributed by atoms with Crippen LogP contribution in [0.1, 0.15) is 54.9 Å². The summed E-state index contributed by atoms with van der Waals surface area (Å²) in [6.45, 7) is 13.2. The molecule has 0 aromatic carbocycles. The lowest BCUT2D eigenvalue weighted by atomic mass is 10.0. The van der Waals surface area contributed by atoms with Crippen LogP contribution in [-0.4, -0.2) is 29.7 Å². The van der Waals surface area contributed by atoms with Crippen molar-refractivity contribution in [2.45, 2.75) is 72.6 Å². The van der Waals surface area contributed by atoms with Crippen LogP contribution in [0.4, 0.5) is 4.79 Å². The summed E-state index contributed by atoms with van der Waals surface area (Å²) in [4.78, 5) is 23.7. The predicted molar refractivity (Wildman–Crippen MR) is 75.9 cm³/mol. The first-order valence-corrected chi connectivity index (χ1v) is 6.81. The van der Waals surface area contributed by atoms with Crippen LogP contribution in [0.3, 0.4) is 0 Å². The smallest absolute Gasteiger partial charge is 0.408 e. The number of ether oxygens (including phenoxy) is 1. The summed E-state index contributed by atoms with van der Waals surface area (Å²) in [5, 5.41) is 5.44. The monoisotopic (exact) mass is 272 g/mol. The van der Waals surface area contributed by atoms with E-state index in [-0.39, 0.29) is 11.9 Å². The molecule has 1 atom stereocenters. The van der Waals surface area contributed by atoms with E-state index >= 15 is 0 Å². The van der Waals surface area contributed by atoms with Crippen LogP contribution >= 0.6 is 0 Å². The van der Waals surface area contributed by atoms with Gasteiger partial charge in [0.2, 0.25) is 5.91 Å². The van der Waals surface area contributed by atoms with Gasteiger partial charge >= 0.3 is 6.09 Å². The summed E-state index contributed by atoms with van der Waals surface area (Å²) >= 11 is 0. The summed E-state index contributed by atoms with van der Waals surface area (Å²) in [7, 11) is 0. The number of amides is 2. The molecule has 0 spiro atoms. The van der Waals surface area contributed by atoms with Crippen molar-refractivity contribution in [2.75, 3.05) is 0 Å². The third-order valence-electron chi connectivity index (χ3n) is 2.15. The molecule has 2 amide bonds. The maximum absolute atomic E-state index is 12.0. The molecule has 0 aliphatic carbocycles. The van der Waals surface area contributed by atoms with E-state index in [9.17, 15) is 9.59 Å². The minimum atomic E-state index is -0.568. The molecule has 0 saturated carbocycles. The first kappa shape index (κ1) is 17.7. The van der Waals surface area contributed by atoms with Gasteiger partial charge in [-0.1, -0.05) is 13.8 Å². The number of nitrogens with one attached hydrogen (secondary N) is 2. The minimum Gasteiger partial charge on any atom is -0.444 e. The Hall–Kier alpha value is -1.26. The fourth-order valence-corrected chi connectivity index (χ4v) is 1.54. The van der Waals surface area contributed by atoms with Crippen molar-refractivity contribution in [3.63, 3.8) is 0 Å². The van der Waals surface area contributed by atoms with Crippen LogP contribution in [0.5, 0.6) is 0 Å². The van der Waals surface area contributed by atoms with Crippen molar-refractivity contribution in [1.29, 1.82) is 0 Å². The summed E-state index contributed by atoms with van der Waals surface area (Å²) in [5.41, 5.74) is -0.568. The van der Waals surface area contributed by atoms with E-state index in [1.54, 1.807) is 20.8 Å². The van der Waals surface area contributed by atoms with E-state index in [1.165, 1.54) is 0 Å². The van der Waals surface area contributed by atoms with Gasteiger partial charge in [0.15, 0.2) is 0 Å². The number of hydrogen-bond donors (Lipinski definition) is 2. The van der Waals surface area contributed by atoms with Gasteiger partial charge in [-0.15, -0.1) is 0 Å². The van der Waals surface area contributed by atoms with Crippen LogP contribution in [-0.2, 0) is 9.53 Å². The number of hydrogen-bond acceptors (Lipinski definition) is 3. The molecule has 112 valence electrons. The topological polar surface area (TPSA) is 67.4 Å². The highest BCUT2D eigenvalue weighted by Crippen LogP contribution is 2.09. The molecule has 0 aliphatic heterocycles. The Kier molecular flexibility index (Phi) is 6.87. The molecule has 0 rings (SSSR count). The van der Waals surface area contributed by atoms with Crippen molar-refractivity contribution >= 4 is 12.0 Å². The van der Waals surface area contributed by atoms with Crippen LogP contribution in [0, 0.1) is 5.92 Å². The highest BCUT2D eigenvalue weighted by molar-refractivity contribution is 5.85. The zero-order valence-electron chi connectivity index (χ0n) is 13.2. The summed E-state index contributed by atoms with van der Waals surface area (Å²) in [6, 6.07) is -0.514. The summed E-state index contributed by atoms with van der Waals surface area (Å²) < 4.78 is 5.17. The fourth-order valence-electron chi connectivity index (χ4n) is 1.54. The zero-order valence-corrected chi connectivity index (χ0v) is 13.2. The van der Waals surface area contributed by atoms with Gasteiger partial charge in [0.1, 0.15) is 11.6 Å². The van der Waals surface area contributed by atoms with Crippen molar-refractivity contribution in [3.8, 4) is 0 Å². The second kappa shape index (κ2) is 7.36. The van der Waals surface area contributed by atoms with Crippen LogP contribution in [0.2, 0.25) is 0 Å². The Balaban J connectivity index is 4.59. The lowest BCUT2D eigenvalue weighted by Crippen LogP contribution is -2.50. The molecule has 0 saturated heterocycles. The second-order valence-corrected chi connectivity index (χ2v) is 6.49. The van der Waals surface area contributed by atoms with Gasteiger partial charge in [0.25, 0.3) is 0 Å². The quantitative estimate of drug-likeness (QED) is 0.808. The summed E-state index contributed by atoms with van der Waals surface area (Å²) in [5.74, 6) is 0.132. The average molecular weight is 272 g/mol. The molecule has 5 heteroatoms. The van der Waals surface area contributed by atoms with E-state index in [0.717, 1.165) is 0 Å². The van der Waals surface area contributed by atoms with E-state index in [0.29, 0.717) is 12.3 Å². The van der Waals surface area contributed by atoms with Crippen molar-refractivity contribution in [3.05, 3.63) is 0 Å². The van der Waals surface area contributed by atoms with Crippen LogP contribution in [0.15, 0.2) is 0 Å². The van der Waals surface area contributed by atoms with Crippen molar-refractivity contribution < 1.29 is 14.3 Å². The van der Waals surface area contributed by atoms with Gasteiger partial charge in [-0.2, -0.15) is 0 Å². The van der Waals surface area contributed by atoms with Gasteiger partial charge in [-0.25, -0.2) is 4.79 Å². The lowest BCUT2D eigenvalue weighted by molar-refractivity contribution is -0.124. The number of rotatable bonds is 5. The standard InChI is InChI=1S/C14H28N2O3/c1-9(2)8-11(12(17)15-10(3)4)16-13(18)19-14(5,6)7/h9-11H,8H2,1-7H3,(H,15,17)(H,16,18)/t11-/m0/s1. The molecule has 0 aromatic heterocycles.